The number of likely N-dealkylation sites (tertiary alicyclic amines) is 1. The summed E-state index contributed by atoms with van der Waals surface area (Å²) in [6.07, 6.45) is -0.358. The zero-order valence-electron chi connectivity index (χ0n) is 9.57. The first-order valence-electron chi connectivity index (χ1n) is 5.66. The average Bonchev–Trinajstić information content (AvgIpc) is 2.74. The van der Waals surface area contributed by atoms with Gasteiger partial charge in [0.15, 0.2) is 5.58 Å². The highest BCUT2D eigenvalue weighted by molar-refractivity contribution is 7.99. The second-order valence-electron chi connectivity index (χ2n) is 4.19. The smallest absolute Gasteiger partial charge is 0.257 e. The molecule has 0 bridgehead atoms. The Morgan fingerprint density at radius 2 is 2.28 bits per heavy atom. The number of carbonyl (C=O) groups excluding carboxylic acids is 1. The molecular formula is C12H12N2O3S. The maximum absolute atomic E-state index is 11.7. The van der Waals surface area contributed by atoms with Crippen molar-refractivity contribution in [1.29, 1.82) is 0 Å². The summed E-state index contributed by atoms with van der Waals surface area (Å²) in [5, 5.41) is 9.62. The Hall–Kier alpha value is -1.53. The Balaban J connectivity index is 1.61. The van der Waals surface area contributed by atoms with Gasteiger partial charge in [-0.3, -0.25) is 4.79 Å². The number of hydrogen-bond acceptors (Lipinski definition) is 5. The number of amides is 1. The van der Waals surface area contributed by atoms with Gasteiger partial charge in [0.25, 0.3) is 5.22 Å². The normalized spacial score (nSPS) is 15.9. The summed E-state index contributed by atoms with van der Waals surface area (Å²) in [6.45, 7) is 0.875. The topological polar surface area (TPSA) is 66.6 Å². The molecule has 6 heteroatoms. The minimum atomic E-state index is -0.358. The number of β-amino-alcohol motifs (C(OH)–C–C–N with tert-alkyl or cyclic N) is 1. The molecule has 94 valence electrons. The number of rotatable bonds is 3. The molecule has 18 heavy (non-hydrogen) atoms. The fraction of sp³-hybridized carbons (Fsp3) is 0.333. The Morgan fingerprint density at radius 1 is 1.50 bits per heavy atom. The quantitative estimate of drug-likeness (QED) is 0.842. The van der Waals surface area contributed by atoms with E-state index in [2.05, 4.69) is 4.98 Å². The number of oxazole rings is 1. The maximum atomic E-state index is 11.7. The zero-order valence-corrected chi connectivity index (χ0v) is 10.4. The summed E-state index contributed by atoms with van der Waals surface area (Å²) in [5.41, 5.74) is 1.53. The van der Waals surface area contributed by atoms with E-state index in [1.807, 2.05) is 24.3 Å². The SMILES string of the molecule is O=C(CSc1nc2ccccc2o1)N1CC(O)C1. The molecule has 1 amide bonds. The van der Waals surface area contributed by atoms with Crippen LogP contribution < -0.4 is 0 Å². The number of aliphatic hydroxyl groups excluding tert-OH is 1. The number of hydrogen-bond donors (Lipinski definition) is 1. The van der Waals surface area contributed by atoms with Crippen LogP contribution in [0.25, 0.3) is 11.1 Å². The van der Waals surface area contributed by atoms with Crippen LogP contribution in [0.3, 0.4) is 0 Å². The van der Waals surface area contributed by atoms with Gasteiger partial charge in [-0.1, -0.05) is 23.9 Å². The van der Waals surface area contributed by atoms with Crippen molar-refractivity contribution in [3.8, 4) is 0 Å². The van der Waals surface area contributed by atoms with Crippen molar-refractivity contribution in [2.45, 2.75) is 11.3 Å². The number of fused-ring (bicyclic) bond motifs is 1. The van der Waals surface area contributed by atoms with Gasteiger partial charge in [-0.25, -0.2) is 4.98 Å². The van der Waals surface area contributed by atoms with Crippen LogP contribution in [0.1, 0.15) is 0 Å². The third-order valence-electron chi connectivity index (χ3n) is 2.81. The van der Waals surface area contributed by atoms with E-state index in [-0.39, 0.29) is 12.0 Å². The molecule has 0 spiro atoms. The van der Waals surface area contributed by atoms with Crippen LogP contribution in [0.2, 0.25) is 0 Å². The molecule has 0 aliphatic carbocycles. The first-order chi connectivity index (χ1) is 8.72. The molecule has 2 heterocycles. The molecule has 1 aromatic heterocycles. The van der Waals surface area contributed by atoms with Crippen molar-refractivity contribution in [1.82, 2.24) is 9.88 Å². The minimum Gasteiger partial charge on any atom is -0.431 e. The number of carbonyl (C=O) groups is 1. The van der Waals surface area contributed by atoms with E-state index in [1.54, 1.807) is 4.90 Å². The van der Waals surface area contributed by atoms with Gasteiger partial charge >= 0.3 is 0 Å². The molecule has 1 aliphatic rings. The summed E-state index contributed by atoms with van der Waals surface area (Å²) in [4.78, 5) is 17.6. The lowest BCUT2D eigenvalue weighted by Crippen LogP contribution is -2.54. The van der Waals surface area contributed by atoms with Gasteiger partial charge in [-0.2, -0.15) is 0 Å². The van der Waals surface area contributed by atoms with Crippen LogP contribution in [0.5, 0.6) is 0 Å². The number of aliphatic hydroxyl groups is 1. The van der Waals surface area contributed by atoms with E-state index >= 15 is 0 Å². The number of nitrogens with zero attached hydrogens (tertiary/aromatic N) is 2. The van der Waals surface area contributed by atoms with Crippen LogP contribution in [0.4, 0.5) is 0 Å². The molecule has 0 atom stereocenters. The first kappa shape index (κ1) is 11.6. The molecule has 0 saturated carbocycles. The molecule has 1 N–H and O–H groups in total. The van der Waals surface area contributed by atoms with Gasteiger partial charge in [0.2, 0.25) is 5.91 Å². The van der Waals surface area contributed by atoms with Gasteiger partial charge < -0.3 is 14.4 Å². The molecule has 1 saturated heterocycles. The zero-order chi connectivity index (χ0) is 12.5. The second-order valence-corrected chi connectivity index (χ2v) is 5.12. The third-order valence-corrected chi connectivity index (χ3v) is 3.62. The lowest BCUT2D eigenvalue weighted by molar-refractivity contribution is -0.138. The van der Waals surface area contributed by atoms with Crippen molar-refractivity contribution >= 4 is 28.8 Å². The van der Waals surface area contributed by atoms with Gasteiger partial charge in [0, 0.05) is 13.1 Å². The number of aromatic nitrogens is 1. The highest BCUT2D eigenvalue weighted by Crippen LogP contribution is 2.23. The summed E-state index contributed by atoms with van der Waals surface area (Å²) in [5.74, 6) is 0.298. The summed E-state index contributed by atoms with van der Waals surface area (Å²) >= 11 is 1.28. The number of para-hydroxylation sites is 2. The van der Waals surface area contributed by atoms with Crippen molar-refractivity contribution in [3.05, 3.63) is 24.3 Å². The van der Waals surface area contributed by atoms with Crippen LogP contribution in [-0.4, -0.2) is 45.8 Å². The summed E-state index contributed by atoms with van der Waals surface area (Å²) in [6, 6.07) is 7.50. The van der Waals surface area contributed by atoms with E-state index in [1.165, 1.54) is 11.8 Å². The van der Waals surface area contributed by atoms with E-state index in [4.69, 9.17) is 9.52 Å². The number of thioether (sulfide) groups is 1. The lowest BCUT2D eigenvalue weighted by atomic mass is 10.2. The lowest BCUT2D eigenvalue weighted by Gasteiger charge is -2.35. The predicted molar refractivity (Wildman–Crippen MR) is 67.3 cm³/mol. The maximum Gasteiger partial charge on any atom is 0.257 e. The standard InChI is InChI=1S/C12H12N2O3S/c15-8-5-14(6-8)11(16)7-18-12-13-9-3-1-2-4-10(9)17-12/h1-4,8,15H,5-7H2. The van der Waals surface area contributed by atoms with E-state index in [9.17, 15) is 4.79 Å². The molecule has 1 aromatic carbocycles. The minimum absolute atomic E-state index is 0.00700. The molecule has 2 aromatic rings. The van der Waals surface area contributed by atoms with Crippen LogP contribution >= 0.6 is 11.8 Å². The van der Waals surface area contributed by atoms with E-state index in [0.29, 0.717) is 24.1 Å². The Labute approximate surface area is 108 Å². The molecule has 0 unspecified atom stereocenters. The Bertz CT molecular complexity index is 544. The highest BCUT2D eigenvalue weighted by atomic mass is 32.2. The summed E-state index contributed by atoms with van der Waals surface area (Å²) in [7, 11) is 0. The molecule has 0 radical (unpaired) electrons. The molecule has 3 rings (SSSR count). The van der Waals surface area contributed by atoms with Crippen LogP contribution in [0.15, 0.2) is 33.9 Å². The van der Waals surface area contributed by atoms with Gasteiger partial charge in [0.05, 0.1) is 11.9 Å². The van der Waals surface area contributed by atoms with Gasteiger partial charge in [-0.05, 0) is 12.1 Å². The van der Waals surface area contributed by atoms with Crippen LogP contribution in [-0.2, 0) is 4.79 Å². The molecule has 1 fully saturated rings. The van der Waals surface area contributed by atoms with Crippen molar-refractivity contribution in [3.63, 3.8) is 0 Å². The fourth-order valence-corrected chi connectivity index (χ4v) is 2.53. The Morgan fingerprint density at radius 3 is 3.00 bits per heavy atom. The Kier molecular flexibility index (Phi) is 2.97. The fourth-order valence-electron chi connectivity index (χ4n) is 1.79. The van der Waals surface area contributed by atoms with Gasteiger partial charge in [-0.15, -0.1) is 0 Å². The third kappa shape index (κ3) is 2.21. The van der Waals surface area contributed by atoms with Crippen molar-refractivity contribution < 1.29 is 14.3 Å². The molecular weight excluding hydrogens is 252 g/mol. The molecule has 1 aliphatic heterocycles. The van der Waals surface area contributed by atoms with Crippen molar-refractivity contribution in [2.24, 2.45) is 0 Å². The van der Waals surface area contributed by atoms with E-state index < -0.39 is 0 Å². The average molecular weight is 264 g/mol. The van der Waals surface area contributed by atoms with Gasteiger partial charge in [0.1, 0.15) is 5.52 Å². The van der Waals surface area contributed by atoms with E-state index in [0.717, 1.165) is 11.1 Å². The highest BCUT2D eigenvalue weighted by Gasteiger charge is 2.28. The van der Waals surface area contributed by atoms with Crippen molar-refractivity contribution in [2.75, 3.05) is 18.8 Å². The number of benzene rings is 1. The molecule has 5 nitrogen and oxygen atoms in total. The monoisotopic (exact) mass is 264 g/mol. The largest absolute Gasteiger partial charge is 0.431 e. The summed E-state index contributed by atoms with van der Waals surface area (Å²) < 4.78 is 5.50. The van der Waals surface area contributed by atoms with Crippen LogP contribution in [0, 0.1) is 0 Å². The second kappa shape index (κ2) is 4.62. The predicted octanol–water partition coefficient (Wildman–Crippen LogP) is 1.12. The first-order valence-corrected chi connectivity index (χ1v) is 6.65.